The monoisotopic (exact) mass is 332 g/mol. The van der Waals surface area contributed by atoms with E-state index in [9.17, 15) is 13.6 Å². The molecule has 1 saturated heterocycles. The van der Waals surface area contributed by atoms with Gasteiger partial charge in [0.2, 0.25) is 5.91 Å². The van der Waals surface area contributed by atoms with Gasteiger partial charge in [-0.3, -0.25) is 4.79 Å². The van der Waals surface area contributed by atoms with Crippen LogP contribution in [0.5, 0.6) is 0 Å². The average molecular weight is 333 g/mol. The van der Waals surface area contributed by atoms with Gasteiger partial charge in [-0.15, -0.1) is 12.4 Å². The lowest BCUT2D eigenvalue weighted by atomic mass is 9.93. The van der Waals surface area contributed by atoms with E-state index >= 15 is 0 Å². The van der Waals surface area contributed by atoms with Crippen molar-refractivity contribution in [1.29, 1.82) is 0 Å². The van der Waals surface area contributed by atoms with Gasteiger partial charge < -0.3 is 10.6 Å². The van der Waals surface area contributed by atoms with Crippen molar-refractivity contribution < 1.29 is 13.6 Å². The van der Waals surface area contributed by atoms with Crippen molar-refractivity contribution >= 4 is 18.3 Å². The van der Waals surface area contributed by atoms with Crippen LogP contribution in [0.4, 0.5) is 8.78 Å². The first-order valence-electron chi connectivity index (χ1n) is 7.57. The Kier molecular flexibility index (Phi) is 8.35. The predicted molar refractivity (Wildman–Crippen MR) is 85.1 cm³/mol. The van der Waals surface area contributed by atoms with Crippen molar-refractivity contribution in [3.63, 3.8) is 0 Å². The Labute approximate surface area is 136 Å². The van der Waals surface area contributed by atoms with Gasteiger partial charge in [-0.25, -0.2) is 8.78 Å². The third kappa shape index (κ3) is 5.89. The zero-order valence-corrected chi connectivity index (χ0v) is 13.4. The molecule has 0 atom stereocenters. The van der Waals surface area contributed by atoms with Gasteiger partial charge in [0.05, 0.1) is 0 Å². The molecule has 124 valence electrons. The summed E-state index contributed by atoms with van der Waals surface area (Å²) >= 11 is 0. The number of carbonyl (C=O) groups is 1. The summed E-state index contributed by atoms with van der Waals surface area (Å²) in [6, 6.07) is 4.11. The molecule has 0 unspecified atom stereocenters. The summed E-state index contributed by atoms with van der Waals surface area (Å²) in [5.41, 5.74) is 0.300. The lowest BCUT2D eigenvalue weighted by Crippen LogP contribution is -2.30. The molecule has 0 aliphatic carbocycles. The van der Waals surface area contributed by atoms with Gasteiger partial charge in [0, 0.05) is 13.0 Å². The zero-order valence-electron chi connectivity index (χ0n) is 12.5. The molecule has 1 heterocycles. The normalized spacial score (nSPS) is 15.2. The molecule has 22 heavy (non-hydrogen) atoms. The highest BCUT2D eigenvalue weighted by atomic mass is 35.5. The molecule has 0 spiro atoms. The Morgan fingerprint density at radius 1 is 1.27 bits per heavy atom. The fraction of sp³-hybridized carbons (Fsp3) is 0.562. The Morgan fingerprint density at radius 2 is 2.00 bits per heavy atom. The summed E-state index contributed by atoms with van der Waals surface area (Å²) in [7, 11) is 0. The molecule has 2 N–H and O–H groups in total. The Hall–Kier alpha value is -1.20. The molecule has 0 bridgehead atoms. The molecule has 1 amide bonds. The van der Waals surface area contributed by atoms with E-state index in [-0.39, 0.29) is 18.3 Å². The second-order valence-electron chi connectivity index (χ2n) is 5.54. The van der Waals surface area contributed by atoms with E-state index in [0.717, 1.165) is 38.4 Å². The van der Waals surface area contributed by atoms with E-state index in [1.54, 1.807) is 6.07 Å². The van der Waals surface area contributed by atoms with Crippen LogP contribution in [-0.4, -0.2) is 25.5 Å². The van der Waals surface area contributed by atoms with Crippen LogP contribution in [0.2, 0.25) is 0 Å². The highest BCUT2D eigenvalue weighted by molar-refractivity contribution is 5.85. The molecule has 2 rings (SSSR count). The van der Waals surface area contributed by atoms with Crippen LogP contribution < -0.4 is 10.6 Å². The van der Waals surface area contributed by atoms with Crippen molar-refractivity contribution in [1.82, 2.24) is 10.6 Å². The largest absolute Gasteiger partial charge is 0.356 e. The summed E-state index contributed by atoms with van der Waals surface area (Å²) in [5, 5.41) is 6.07. The lowest BCUT2D eigenvalue weighted by molar-refractivity contribution is -0.121. The molecule has 1 aromatic rings. The molecule has 1 fully saturated rings. The Bertz CT molecular complexity index is 479. The maximum atomic E-state index is 13.4. The molecular weight excluding hydrogens is 310 g/mol. The van der Waals surface area contributed by atoms with E-state index < -0.39 is 11.6 Å². The number of nitrogens with one attached hydrogen (secondary N) is 2. The average Bonchev–Trinajstić information content (AvgIpc) is 2.50. The first kappa shape index (κ1) is 18.8. The van der Waals surface area contributed by atoms with Gasteiger partial charge in [-0.2, -0.15) is 0 Å². The molecule has 0 saturated carbocycles. The summed E-state index contributed by atoms with van der Waals surface area (Å²) in [6.07, 6.45) is 3.98. The van der Waals surface area contributed by atoms with Crippen molar-refractivity contribution in [3.05, 3.63) is 35.4 Å². The minimum atomic E-state index is -0.843. The van der Waals surface area contributed by atoms with E-state index in [0.29, 0.717) is 30.9 Å². The topological polar surface area (TPSA) is 41.1 Å². The van der Waals surface area contributed by atoms with Gasteiger partial charge >= 0.3 is 0 Å². The van der Waals surface area contributed by atoms with E-state index in [1.165, 1.54) is 6.07 Å². The second-order valence-corrected chi connectivity index (χ2v) is 5.54. The first-order chi connectivity index (χ1) is 10.2. The van der Waals surface area contributed by atoms with Crippen LogP contribution in [0.25, 0.3) is 0 Å². The molecule has 1 aromatic carbocycles. The van der Waals surface area contributed by atoms with E-state index in [4.69, 9.17) is 0 Å². The number of rotatable bonds is 6. The Morgan fingerprint density at radius 3 is 2.73 bits per heavy atom. The Balaban J connectivity index is 0.00000242. The first-order valence-corrected chi connectivity index (χ1v) is 7.57. The van der Waals surface area contributed by atoms with Crippen LogP contribution in [0.1, 0.15) is 31.2 Å². The number of amides is 1. The third-order valence-electron chi connectivity index (χ3n) is 3.99. The fourth-order valence-electron chi connectivity index (χ4n) is 2.67. The van der Waals surface area contributed by atoms with Crippen LogP contribution in [0, 0.1) is 17.6 Å². The number of hydrogen-bond donors (Lipinski definition) is 2. The van der Waals surface area contributed by atoms with E-state index in [2.05, 4.69) is 10.6 Å². The highest BCUT2D eigenvalue weighted by Gasteiger charge is 2.14. The van der Waals surface area contributed by atoms with E-state index in [1.807, 2.05) is 0 Å². The van der Waals surface area contributed by atoms with Crippen molar-refractivity contribution in [2.45, 2.75) is 32.1 Å². The lowest BCUT2D eigenvalue weighted by Gasteiger charge is -2.22. The summed E-state index contributed by atoms with van der Waals surface area (Å²) in [4.78, 5) is 11.7. The molecule has 3 nitrogen and oxygen atoms in total. The minimum absolute atomic E-state index is 0. The van der Waals surface area contributed by atoms with Gasteiger partial charge in [-0.1, -0.05) is 12.1 Å². The van der Waals surface area contributed by atoms with Gasteiger partial charge in [0.1, 0.15) is 0 Å². The third-order valence-corrected chi connectivity index (χ3v) is 3.99. The SMILES string of the molecule is Cl.O=C(CCC1CCNCC1)NCCc1cccc(F)c1F. The summed E-state index contributed by atoms with van der Waals surface area (Å²) < 4.78 is 26.4. The smallest absolute Gasteiger partial charge is 0.220 e. The zero-order chi connectivity index (χ0) is 15.1. The maximum absolute atomic E-state index is 13.4. The number of hydrogen-bond acceptors (Lipinski definition) is 2. The van der Waals surface area contributed by atoms with Crippen molar-refractivity contribution in [2.75, 3.05) is 19.6 Å². The molecule has 1 aliphatic heterocycles. The van der Waals surface area contributed by atoms with Gasteiger partial charge in [-0.05, 0) is 56.3 Å². The molecule has 0 aromatic heterocycles. The maximum Gasteiger partial charge on any atom is 0.220 e. The molecule has 6 heteroatoms. The highest BCUT2D eigenvalue weighted by Crippen LogP contribution is 2.17. The fourth-order valence-corrected chi connectivity index (χ4v) is 2.67. The number of carbonyl (C=O) groups excluding carboxylic acids is 1. The molecular formula is C16H23ClF2N2O. The number of piperidine rings is 1. The standard InChI is InChI=1S/C16H22F2N2O.ClH/c17-14-3-1-2-13(16(14)18)8-11-20-15(21)5-4-12-6-9-19-10-7-12;/h1-3,12,19H,4-11H2,(H,20,21);1H. The van der Waals surface area contributed by atoms with Crippen LogP contribution in [0.3, 0.4) is 0 Å². The molecule has 1 aliphatic rings. The van der Waals surface area contributed by atoms with Crippen LogP contribution in [-0.2, 0) is 11.2 Å². The van der Waals surface area contributed by atoms with Crippen molar-refractivity contribution in [2.24, 2.45) is 5.92 Å². The number of halogens is 3. The quantitative estimate of drug-likeness (QED) is 0.841. The van der Waals surface area contributed by atoms with Gasteiger partial charge in [0.25, 0.3) is 0 Å². The minimum Gasteiger partial charge on any atom is -0.356 e. The summed E-state index contributed by atoms with van der Waals surface area (Å²) in [5.74, 6) is -1.05. The summed E-state index contributed by atoms with van der Waals surface area (Å²) in [6.45, 7) is 2.40. The predicted octanol–water partition coefficient (Wildman–Crippen LogP) is 2.83. The van der Waals surface area contributed by atoms with Crippen molar-refractivity contribution in [3.8, 4) is 0 Å². The van der Waals surface area contributed by atoms with Crippen LogP contribution in [0.15, 0.2) is 18.2 Å². The number of benzene rings is 1. The van der Waals surface area contributed by atoms with Gasteiger partial charge in [0.15, 0.2) is 11.6 Å². The van der Waals surface area contributed by atoms with Crippen LogP contribution >= 0.6 is 12.4 Å². The molecule has 0 radical (unpaired) electrons. The second kappa shape index (κ2) is 9.74.